The van der Waals surface area contributed by atoms with Gasteiger partial charge in [-0.15, -0.1) is 0 Å². The van der Waals surface area contributed by atoms with Gasteiger partial charge in [-0.2, -0.15) is 0 Å². The monoisotopic (exact) mass is 350 g/mol. The number of hydrogen-bond acceptors (Lipinski definition) is 2. The minimum atomic E-state index is 0.462. The first-order valence-corrected chi connectivity index (χ1v) is 7.27. The lowest BCUT2D eigenvalue weighted by atomic mass is 10.2. The van der Waals surface area contributed by atoms with Crippen molar-refractivity contribution >= 4 is 38.3 Å². The number of hydrogen-bond donors (Lipinski definition) is 0. The zero-order valence-corrected chi connectivity index (χ0v) is 12.5. The van der Waals surface area contributed by atoms with Gasteiger partial charge in [-0.05, 0) is 17.5 Å². The van der Waals surface area contributed by atoms with Gasteiger partial charge in [-0.1, -0.05) is 63.0 Å². The summed E-state index contributed by atoms with van der Waals surface area (Å²) in [7, 11) is 0. The van der Waals surface area contributed by atoms with Crippen molar-refractivity contribution in [2.24, 2.45) is 0 Å². The minimum Gasteiger partial charge on any atom is -0.468 e. The van der Waals surface area contributed by atoms with Gasteiger partial charge in [-0.3, -0.25) is 4.79 Å². The van der Waals surface area contributed by atoms with Crippen LogP contribution >= 0.6 is 31.9 Å². The normalized spacial score (nSPS) is 8.94. The second-order valence-electron chi connectivity index (χ2n) is 3.05. The lowest BCUT2D eigenvalue weighted by molar-refractivity contribution is -0.128. The highest BCUT2D eigenvalue weighted by atomic mass is 79.9. The average molecular weight is 352 g/mol. The first-order valence-electron chi connectivity index (χ1n) is 5.03. The number of ether oxygens (including phenoxy) is 1. The van der Waals surface area contributed by atoms with Crippen LogP contribution in [0, 0.1) is 0 Å². The maximum Gasteiger partial charge on any atom is 0.293 e. The average Bonchev–Trinajstić information content (AvgIpc) is 2.37. The summed E-state index contributed by atoms with van der Waals surface area (Å²) in [5.74, 6) is 0. The fraction of sp³-hybridized carbons (Fsp3) is 0.417. The first kappa shape index (κ1) is 15.7. The maximum absolute atomic E-state index is 9.34. The first-order chi connectivity index (χ1) is 7.78. The fourth-order valence-electron chi connectivity index (χ4n) is 0.883. The molecule has 0 aromatic heterocycles. The summed E-state index contributed by atoms with van der Waals surface area (Å²) in [6.07, 6.45) is 0.902. The van der Waals surface area contributed by atoms with Gasteiger partial charge < -0.3 is 4.74 Å². The molecule has 0 fully saturated rings. The van der Waals surface area contributed by atoms with Crippen molar-refractivity contribution in [3.05, 3.63) is 35.4 Å². The molecule has 2 nitrogen and oxygen atoms in total. The molecular formula is C12H16Br2O2. The maximum atomic E-state index is 9.34. The molecule has 0 aliphatic rings. The molecule has 0 aliphatic carbocycles. The van der Waals surface area contributed by atoms with Gasteiger partial charge in [0.2, 0.25) is 0 Å². The van der Waals surface area contributed by atoms with Crippen molar-refractivity contribution in [3.8, 4) is 0 Å². The number of carbonyl (C=O) groups is 1. The molecule has 0 amide bonds. The fourth-order valence-corrected chi connectivity index (χ4v) is 1.63. The van der Waals surface area contributed by atoms with Gasteiger partial charge in [-0.25, -0.2) is 0 Å². The quantitative estimate of drug-likeness (QED) is 0.454. The van der Waals surface area contributed by atoms with E-state index in [1.54, 1.807) is 0 Å². The summed E-state index contributed by atoms with van der Waals surface area (Å²) < 4.78 is 4.30. The summed E-state index contributed by atoms with van der Waals surface area (Å²) in [6, 6.07) is 8.52. The van der Waals surface area contributed by atoms with E-state index >= 15 is 0 Å². The molecule has 16 heavy (non-hydrogen) atoms. The van der Waals surface area contributed by atoms with Crippen molar-refractivity contribution in [2.45, 2.75) is 24.0 Å². The highest BCUT2D eigenvalue weighted by Crippen LogP contribution is 2.09. The van der Waals surface area contributed by atoms with Gasteiger partial charge >= 0.3 is 0 Å². The minimum absolute atomic E-state index is 0.462. The molecular weight excluding hydrogens is 336 g/mol. The van der Waals surface area contributed by atoms with Crippen LogP contribution in [0.2, 0.25) is 0 Å². The van der Waals surface area contributed by atoms with Crippen LogP contribution in [0.15, 0.2) is 24.3 Å². The van der Waals surface area contributed by atoms with Crippen molar-refractivity contribution in [2.75, 3.05) is 6.61 Å². The van der Waals surface area contributed by atoms with Gasteiger partial charge in [0, 0.05) is 10.7 Å². The van der Waals surface area contributed by atoms with Crippen molar-refractivity contribution in [3.63, 3.8) is 0 Å². The summed E-state index contributed by atoms with van der Waals surface area (Å²) in [6.45, 7) is 2.95. The lowest BCUT2D eigenvalue weighted by Gasteiger charge is -1.96. The highest BCUT2D eigenvalue weighted by Gasteiger charge is 1.89. The van der Waals surface area contributed by atoms with E-state index in [9.17, 15) is 4.79 Å². The molecule has 1 aromatic carbocycles. The molecule has 0 radical (unpaired) electrons. The summed E-state index contributed by atoms with van der Waals surface area (Å²) in [4.78, 5) is 9.34. The number of halogens is 2. The largest absolute Gasteiger partial charge is 0.468 e. The number of benzene rings is 1. The predicted molar refractivity (Wildman–Crippen MR) is 74.0 cm³/mol. The van der Waals surface area contributed by atoms with E-state index in [4.69, 9.17) is 0 Å². The second-order valence-corrected chi connectivity index (χ2v) is 4.17. The number of rotatable bonds is 5. The summed E-state index contributed by atoms with van der Waals surface area (Å²) in [5.41, 5.74) is 2.65. The molecule has 0 unspecified atom stereocenters. The van der Waals surface area contributed by atoms with Crippen molar-refractivity contribution < 1.29 is 9.53 Å². The molecule has 0 bridgehead atoms. The van der Waals surface area contributed by atoms with Gasteiger partial charge in [0.1, 0.15) is 0 Å². The van der Waals surface area contributed by atoms with Crippen molar-refractivity contribution in [1.82, 2.24) is 0 Å². The molecule has 0 saturated carbocycles. The second kappa shape index (κ2) is 11.1. The molecule has 0 saturated heterocycles. The van der Waals surface area contributed by atoms with Gasteiger partial charge in [0.15, 0.2) is 0 Å². The van der Waals surface area contributed by atoms with E-state index < -0.39 is 0 Å². The van der Waals surface area contributed by atoms with E-state index in [2.05, 4.69) is 60.9 Å². The standard InChI is InChI=1S/C8H8Br2.C4H8O2/c9-5-7-1-2-8(6-10)4-3-7;1-2-3-6-4-5/h1-4H,5-6H2;4H,2-3H2,1H3. The molecule has 0 heterocycles. The smallest absolute Gasteiger partial charge is 0.293 e. The molecule has 90 valence electrons. The molecule has 0 aliphatic heterocycles. The van der Waals surface area contributed by atoms with Crippen LogP contribution in [0.4, 0.5) is 0 Å². The molecule has 1 rings (SSSR count). The Balaban J connectivity index is 0.000000325. The summed E-state index contributed by atoms with van der Waals surface area (Å²) in [5, 5.41) is 1.88. The van der Waals surface area contributed by atoms with E-state index in [1.807, 2.05) is 6.92 Å². The van der Waals surface area contributed by atoms with Gasteiger partial charge in [0.25, 0.3) is 6.47 Å². The van der Waals surface area contributed by atoms with Crippen LogP contribution in [0.3, 0.4) is 0 Å². The Kier molecular flexibility index (Phi) is 10.9. The predicted octanol–water partition coefficient (Wildman–Crippen LogP) is 4.05. The molecule has 4 heteroatoms. The Labute approximate surface area is 114 Å². The third-order valence-corrected chi connectivity index (χ3v) is 3.02. The SMILES string of the molecule is BrCc1ccc(CBr)cc1.CCCOC=O. The highest BCUT2D eigenvalue weighted by molar-refractivity contribution is 9.08. The third-order valence-electron chi connectivity index (χ3n) is 1.72. The number of carbonyl (C=O) groups excluding carboxylic acids is 1. The summed E-state index contributed by atoms with van der Waals surface area (Å²) >= 11 is 6.78. The van der Waals surface area contributed by atoms with E-state index in [0.717, 1.165) is 17.1 Å². The third kappa shape index (κ3) is 7.88. The van der Waals surface area contributed by atoms with E-state index in [1.165, 1.54) is 11.1 Å². The van der Waals surface area contributed by atoms with Crippen LogP contribution < -0.4 is 0 Å². The van der Waals surface area contributed by atoms with Crippen LogP contribution in [0.5, 0.6) is 0 Å². The molecule has 0 spiro atoms. The molecule has 0 N–H and O–H groups in total. The van der Waals surface area contributed by atoms with Crippen LogP contribution in [-0.4, -0.2) is 13.1 Å². The Hall–Kier alpha value is -0.350. The Morgan fingerprint density at radius 3 is 1.75 bits per heavy atom. The number of alkyl halides is 2. The Bertz CT molecular complexity index is 250. The Morgan fingerprint density at radius 2 is 1.56 bits per heavy atom. The van der Waals surface area contributed by atoms with E-state index in [-0.39, 0.29) is 0 Å². The molecule has 1 aromatic rings. The zero-order valence-electron chi connectivity index (χ0n) is 9.29. The van der Waals surface area contributed by atoms with Gasteiger partial charge in [0.05, 0.1) is 6.61 Å². The zero-order chi connectivity index (χ0) is 12.2. The van der Waals surface area contributed by atoms with E-state index in [0.29, 0.717) is 13.1 Å². The van der Waals surface area contributed by atoms with Crippen LogP contribution in [-0.2, 0) is 20.2 Å². The lowest BCUT2D eigenvalue weighted by Crippen LogP contribution is -1.86. The van der Waals surface area contributed by atoms with Crippen molar-refractivity contribution in [1.29, 1.82) is 0 Å². The molecule has 0 atom stereocenters. The van der Waals surface area contributed by atoms with Crippen LogP contribution in [0.1, 0.15) is 24.5 Å². The topological polar surface area (TPSA) is 26.3 Å². The Morgan fingerprint density at radius 1 is 1.12 bits per heavy atom. The van der Waals surface area contributed by atoms with Crippen LogP contribution in [0.25, 0.3) is 0 Å².